The Balaban J connectivity index is 0.00000192. The lowest BCUT2D eigenvalue weighted by Gasteiger charge is -2.37. The van der Waals surface area contributed by atoms with Crippen LogP contribution in [0.1, 0.15) is 45.1 Å². The second-order valence-electron chi connectivity index (χ2n) is 7.87. The Bertz CT molecular complexity index is 551. The van der Waals surface area contributed by atoms with Crippen LogP contribution in [0.15, 0.2) is 12.4 Å². The fourth-order valence-corrected chi connectivity index (χ4v) is 4.06. The molecule has 0 saturated carbocycles. The highest BCUT2D eigenvalue weighted by molar-refractivity contribution is 5.85. The highest BCUT2D eigenvalue weighted by Crippen LogP contribution is 2.36. The van der Waals surface area contributed by atoms with Crippen molar-refractivity contribution in [2.75, 3.05) is 19.6 Å². The van der Waals surface area contributed by atoms with Crippen molar-refractivity contribution in [2.24, 2.45) is 18.4 Å². The van der Waals surface area contributed by atoms with Gasteiger partial charge in [0.25, 0.3) is 0 Å². The van der Waals surface area contributed by atoms with E-state index < -0.39 is 0 Å². The minimum atomic E-state index is 0. The van der Waals surface area contributed by atoms with Crippen molar-refractivity contribution >= 4 is 18.3 Å². The molecular weight excluding hydrogens is 312 g/mol. The van der Waals surface area contributed by atoms with Gasteiger partial charge in [-0.05, 0) is 23.8 Å². The Morgan fingerprint density at radius 2 is 2.09 bits per heavy atom. The first-order chi connectivity index (χ1) is 10.4. The first kappa shape index (κ1) is 18.3. The number of halogens is 1. The third-order valence-corrected chi connectivity index (χ3v) is 5.22. The summed E-state index contributed by atoms with van der Waals surface area (Å²) >= 11 is 0. The van der Waals surface area contributed by atoms with Gasteiger partial charge in [-0.25, -0.2) is 0 Å². The maximum Gasteiger partial charge on any atom is 0.227 e. The Morgan fingerprint density at radius 1 is 1.35 bits per heavy atom. The summed E-state index contributed by atoms with van der Waals surface area (Å²) in [6.07, 6.45) is 6.21. The SMILES string of the molecule is Cl.Cn1cc([C@H]2CNC[C@@H]2C(=O)N2CCCC2C(C)(C)C)cn1. The van der Waals surface area contributed by atoms with E-state index in [2.05, 4.69) is 36.1 Å². The van der Waals surface area contributed by atoms with Crippen LogP contribution in [-0.2, 0) is 11.8 Å². The van der Waals surface area contributed by atoms with Crippen LogP contribution in [0.25, 0.3) is 0 Å². The average molecular weight is 341 g/mol. The Labute approximate surface area is 145 Å². The molecule has 5 nitrogen and oxygen atoms in total. The Morgan fingerprint density at radius 3 is 2.70 bits per heavy atom. The second-order valence-corrected chi connectivity index (χ2v) is 7.87. The molecule has 2 saturated heterocycles. The second kappa shape index (κ2) is 6.81. The van der Waals surface area contributed by atoms with Gasteiger partial charge in [0.05, 0.1) is 12.1 Å². The van der Waals surface area contributed by atoms with Gasteiger partial charge >= 0.3 is 0 Å². The first-order valence-electron chi connectivity index (χ1n) is 8.37. The molecular formula is C17H29ClN4O. The number of likely N-dealkylation sites (tertiary alicyclic amines) is 1. The van der Waals surface area contributed by atoms with Crippen molar-refractivity contribution in [3.8, 4) is 0 Å². The molecule has 0 spiro atoms. The molecule has 1 N–H and O–H groups in total. The van der Waals surface area contributed by atoms with Gasteiger partial charge in [-0.3, -0.25) is 9.48 Å². The van der Waals surface area contributed by atoms with Crippen molar-refractivity contribution in [2.45, 2.75) is 45.6 Å². The van der Waals surface area contributed by atoms with Crippen molar-refractivity contribution < 1.29 is 4.79 Å². The molecule has 1 amide bonds. The van der Waals surface area contributed by atoms with Crippen LogP contribution in [0.5, 0.6) is 0 Å². The van der Waals surface area contributed by atoms with Gasteiger partial charge in [0.15, 0.2) is 0 Å². The lowest BCUT2D eigenvalue weighted by molar-refractivity contribution is -0.138. The van der Waals surface area contributed by atoms with Crippen LogP contribution in [0.3, 0.4) is 0 Å². The van der Waals surface area contributed by atoms with Crippen LogP contribution in [0, 0.1) is 11.3 Å². The van der Waals surface area contributed by atoms with E-state index in [1.807, 2.05) is 24.1 Å². The number of aromatic nitrogens is 2. The molecule has 1 aromatic heterocycles. The molecule has 6 heteroatoms. The first-order valence-corrected chi connectivity index (χ1v) is 8.37. The van der Waals surface area contributed by atoms with Gasteiger partial charge < -0.3 is 10.2 Å². The van der Waals surface area contributed by atoms with Crippen molar-refractivity contribution in [3.63, 3.8) is 0 Å². The molecule has 0 bridgehead atoms. The summed E-state index contributed by atoms with van der Waals surface area (Å²) in [5, 5.41) is 7.67. The van der Waals surface area contributed by atoms with Gasteiger partial charge in [0.1, 0.15) is 0 Å². The number of nitrogens with zero attached hydrogens (tertiary/aromatic N) is 3. The molecule has 1 aromatic rings. The van der Waals surface area contributed by atoms with Gasteiger partial charge in [-0.15, -0.1) is 12.4 Å². The van der Waals surface area contributed by atoms with Crippen molar-refractivity contribution in [1.82, 2.24) is 20.0 Å². The predicted molar refractivity (Wildman–Crippen MR) is 93.7 cm³/mol. The molecule has 3 rings (SSSR count). The van der Waals surface area contributed by atoms with E-state index >= 15 is 0 Å². The summed E-state index contributed by atoms with van der Waals surface area (Å²) in [4.78, 5) is 15.3. The van der Waals surface area contributed by atoms with Gasteiger partial charge in [-0.2, -0.15) is 5.10 Å². The smallest absolute Gasteiger partial charge is 0.227 e. The fourth-order valence-electron chi connectivity index (χ4n) is 4.06. The van der Waals surface area contributed by atoms with Crippen LogP contribution < -0.4 is 5.32 Å². The van der Waals surface area contributed by atoms with E-state index in [1.54, 1.807) is 0 Å². The summed E-state index contributed by atoms with van der Waals surface area (Å²) in [7, 11) is 1.93. The van der Waals surface area contributed by atoms with E-state index in [4.69, 9.17) is 0 Å². The molecule has 2 aliphatic heterocycles. The van der Waals surface area contributed by atoms with E-state index in [9.17, 15) is 4.79 Å². The zero-order chi connectivity index (χ0) is 15.9. The number of amides is 1. The minimum absolute atomic E-state index is 0. The number of nitrogens with one attached hydrogen (secondary N) is 1. The van der Waals surface area contributed by atoms with Gasteiger partial charge in [0, 0.05) is 44.8 Å². The van der Waals surface area contributed by atoms with E-state index in [-0.39, 0.29) is 29.7 Å². The quantitative estimate of drug-likeness (QED) is 0.897. The number of rotatable bonds is 2. The summed E-state index contributed by atoms with van der Waals surface area (Å²) in [6, 6.07) is 0.371. The third-order valence-electron chi connectivity index (χ3n) is 5.22. The summed E-state index contributed by atoms with van der Waals surface area (Å²) in [5.74, 6) is 0.630. The normalized spacial score (nSPS) is 28.0. The van der Waals surface area contributed by atoms with Crippen molar-refractivity contribution in [3.05, 3.63) is 18.0 Å². The summed E-state index contributed by atoms with van der Waals surface area (Å²) in [6.45, 7) is 9.30. The van der Waals surface area contributed by atoms with E-state index in [0.29, 0.717) is 11.9 Å². The topological polar surface area (TPSA) is 50.2 Å². The molecule has 130 valence electrons. The van der Waals surface area contributed by atoms with Gasteiger partial charge in [0.2, 0.25) is 5.91 Å². The maximum atomic E-state index is 13.2. The Kier molecular flexibility index (Phi) is 5.41. The molecule has 2 aliphatic rings. The highest BCUT2D eigenvalue weighted by atomic mass is 35.5. The Hall–Kier alpha value is -1.07. The monoisotopic (exact) mass is 340 g/mol. The minimum Gasteiger partial charge on any atom is -0.339 e. The predicted octanol–water partition coefficient (Wildman–Crippen LogP) is 2.18. The zero-order valence-electron chi connectivity index (χ0n) is 14.6. The molecule has 3 atom stereocenters. The lowest BCUT2D eigenvalue weighted by Crippen LogP contribution is -2.46. The fraction of sp³-hybridized carbons (Fsp3) is 0.765. The molecule has 1 unspecified atom stereocenters. The number of hydrogen-bond donors (Lipinski definition) is 1. The summed E-state index contributed by atoms with van der Waals surface area (Å²) < 4.78 is 1.82. The highest BCUT2D eigenvalue weighted by Gasteiger charge is 2.43. The third kappa shape index (κ3) is 3.56. The lowest BCUT2D eigenvalue weighted by atomic mass is 9.84. The van der Waals surface area contributed by atoms with Crippen LogP contribution in [-0.4, -0.2) is 46.3 Å². The number of hydrogen-bond acceptors (Lipinski definition) is 3. The standard InChI is InChI=1S/C17H28N4O.ClH/c1-17(2,3)15-6-5-7-21(15)16(22)14-10-18-9-13(14)12-8-19-20(4)11-12;/h8,11,13-15,18H,5-7,9-10H2,1-4H3;1H/t13-,14+,15?;/m1./s1. The van der Waals surface area contributed by atoms with Crippen LogP contribution in [0.2, 0.25) is 0 Å². The zero-order valence-corrected chi connectivity index (χ0v) is 15.4. The summed E-state index contributed by atoms with van der Waals surface area (Å²) in [5.41, 5.74) is 1.33. The number of aryl methyl sites for hydroxylation is 1. The van der Waals surface area contributed by atoms with Crippen LogP contribution >= 0.6 is 12.4 Å². The molecule has 0 aromatic carbocycles. The van der Waals surface area contributed by atoms with Gasteiger partial charge in [-0.1, -0.05) is 20.8 Å². The molecule has 0 radical (unpaired) electrons. The maximum absolute atomic E-state index is 13.2. The molecule has 2 fully saturated rings. The number of carbonyl (C=O) groups excluding carboxylic acids is 1. The largest absolute Gasteiger partial charge is 0.339 e. The van der Waals surface area contributed by atoms with Crippen molar-refractivity contribution in [1.29, 1.82) is 0 Å². The molecule has 23 heavy (non-hydrogen) atoms. The van der Waals surface area contributed by atoms with Crippen LogP contribution in [0.4, 0.5) is 0 Å². The van der Waals surface area contributed by atoms with E-state index in [1.165, 1.54) is 5.56 Å². The molecule has 0 aliphatic carbocycles. The average Bonchev–Trinajstić information content (AvgIpc) is 3.16. The van der Waals surface area contributed by atoms with E-state index in [0.717, 1.165) is 32.5 Å². The molecule has 3 heterocycles. The number of carbonyl (C=O) groups is 1.